The number of anilines is 2. The van der Waals surface area contributed by atoms with Gasteiger partial charge in [-0.05, 0) is 64.2 Å². The number of hydrogen-bond donors (Lipinski definition) is 2. The Morgan fingerprint density at radius 3 is 2.45 bits per heavy atom. The van der Waals surface area contributed by atoms with Gasteiger partial charge in [-0.1, -0.05) is 6.07 Å². The monoisotopic (exact) mass is 449 g/mol. The number of carbonyl (C=O) groups is 1. The lowest BCUT2D eigenvalue weighted by atomic mass is 9.97. The second-order valence-electron chi connectivity index (χ2n) is 8.51. The number of nitrogens with zero attached hydrogens (tertiary/aromatic N) is 5. The number of pyridine rings is 1. The molecule has 0 bridgehead atoms. The molecule has 1 aliphatic heterocycles. The summed E-state index contributed by atoms with van der Waals surface area (Å²) in [6.07, 6.45) is 3.36. The molecule has 3 heterocycles. The highest BCUT2D eigenvalue weighted by atomic mass is 19.1. The molecule has 4 rings (SSSR count). The lowest BCUT2D eigenvalue weighted by Crippen LogP contribution is -2.44. The second kappa shape index (κ2) is 9.11. The van der Waals surface area contributed by atoms with Crippen LogP contribution in [0.1, 0.15) is 28.9 Å². The Morgan fingerprint density at radius 2 is 1.82 bits per heavy atom. The molecule has 1 saturated heterocycles. The largest absolute Gasteiger partial charge is 0.384 e. The summed E-state index contributed by atoms with van der Waals surface area (Å²) in [4.78, 5) is 29.7. The summed E-state index contributed by atoms with van der Waals surface area (Å²) in [6, 6.07) is 8.10. The van der Waals surface area contributed by atoms with Crippen LogP contribution in [0.4, 0.5) is 16.2 Å². The topological polar surface area (TPSA) is 114 Å². The van der Waals surface area contributed by atoms with Gasteiger partial charge in [-0.2, -0.15) is 0 Å². The smallest absolute Gasteiger partial charge is 0.256 e. The summed E-state index contributed by atoms with van der Waals surface area (Å²) in [6.45, 7) is 3.64. The predicted octanol–water partition coefficient (Wildman–Crippen LogP) is 2.98. The Kier molecular flexibility index (Phi) is 6.24. The van der Waals surface area contributed by atoms with Gasteiger partial charge >= 0.3 is 0 Å². The molecule has 8 nitrogen and oxygen atoms in total. The predicted molar refractivity (Wildman–Crippen MR) is 127 cm³/mol. The van der Waals surface area contributed by atoms with Crippen molar-refractivity contribution in [2.45, 2.75) is 25.8 Å². The van der Waals surface area contributed by atoms with Gasteiger partial charge in [0.15, 0.2) is 0 Å². The van der Waals surface area contributed by atoms with Crippen molar-refractivity contribution < 1.29 is 9.18 Å². The summed E-state index contributed by atoms with van der Waals surface area (Å²) in [5.41, 5.74) is 14.7. The number of aryl methyl sites for hydroxylation is 1. The second-order valence-corrected chi connectivity index (χ2v) is 8.51. The summed E-state index contributed by atoms with van der Waals surface area (Å²) in [5.74, 6) is -0.461. The fraction of sp³-hybridized carbons (Fsp3) is 0.333. The van der Waals surface area contributed by atoms with E-state index in [2.05, 4.69) is 26.9 Å². The third-order valence-electron chi connectivity index (χ3n) is 6.21. The van der Waals surface area contributed by atoms with E-state index in [0.717, 1.165) is 31.5 Å². The van der Waals surface area contributed by atoms with Crippen molar-refractivity contribution in [3.8, 4) is 22.4 Å². The molecular formula is C24H28FN7O. The van der Waals surface area contributed by atoms with E-state index in [9.17, 15) is 4.79 Å². The molecule has 1 aliphatic rings. The molecule has 0 saturated carbocycles. The highest BCUT2D eigenvalue weighted by Gasteiger charge is 2.27. The maximum Gasteiger partial charge on any atom is 0.256 e. The molecule has 1 aromatic carbocycles. The summed E-state index contributed by atoms with van der Waals surface area (Å²) in [5, 5.41) is 0. The number of carbonyl (C=O) groups excluding carboxylic acids is 1. The minimum Gasteiger partial charge on any atom is -0.384 e. The number of halogens is 1. The Labute approximate surface area is 192 Å². The number of nitrogens with two attached hydrogens (primary N) is 2. The number of hydrogen-bond acceptors (Lipinski definition) is 7. The zero-order chi connectivity index (χ0) is 23.7. The Bertz CT molecular complexity index is 1170. The van der Waals surface area contributed by atoms with E-state index in [1.165, 1.54) is 12.1 Å². The van der Waals surface area contributed by atoms with Crippen LogP contribution in [0.5, 0.6) is 0 Å². The fourth-order valence-corrected chi connectivity index (χ4v) is 4.28. The van der Waals surface area contributed by atoms with Crippen LogP contribution in [0, 0.1) is 12.7 Å². The summed E-state index contributed by atoms with van der Waals surface area (Å²) in [7, 11) is 3.80. The zero-order valence-electron chi connectivity index (χ0n) is 19.0. The first kappa shape index (κ1) is 22.6. The van der Waals surface area contributed by atoms with Gasteiger partial charge in [-0.25, -0.2) is 19.3 Å². The first-order valence-corrected chi connectivity index (χ1v) is 10.9. The Balaban J connectivity index is 1.68. The first-order chi connectivity index (χ1) is 15.7. The van der Waals surface area contributed by atoms with Crippen LogP contribution in [-0.2, 0) is 0 Å². The van der Waals surface area contributed by atoms with Gasteiger partial charge in [0.05, 0.1) is 17.0 Å². The van der Waals surface area contributed by atoms with E-state index >= 15 is 4.39 Å². The lowest BCUT2D eigenvalue weighted by Gasteiger charge is -2.35. The van der Waals surface area contributed by atoms with Crippen molar-refractivity contribution in [3.63, 3.8) is 0 Å². The summed E-state index contributed by atoms with van der Waals surface area (Å²) >= 11 is 0. The maximum atomic E-state index is 15.2. The molecule has 0 radical (unpaired) electrons. The van der Waals surface area contributed by atoms with Gasteiger partial charge in [0, 0.05) is 36.0 Å². The highest BCUT2D eigenvalue weighted by molar-refractivity contribution is 5.95. The summed E-state index contributed by atoms with van der Waals surface area (Å²) < 4.78 is 15.2. The van der Waals surface area contributed by atoms with Crippen molar-refractivity contribution in [3.05, 3.63) is 53.6 Å². The molecule has 33 heavy (non-hydrogen) atoms. The van der Waals surface area contributed by atoms with Gasteiger partial charge in [0.25, 0.3) is 5.91 Å². The number of amides is 1. The zero-order valence-corrected chi connectivity index (χ0v) is 19.0. The molecular weight excluding hydrogens is 421 g/mol. The Morgan fingerprint density at radius 1 is 1.12 bits per heavy atom. The molecule has 4 N–H and O–H groups in total. The van der Waals surface area contributed by atoms with E-state index in [-0.39, 0.29) is 23.5 Å². The average molecular weight is 450 g/mol. The molecule has 0 aliphatic carbocycles. The van der Waals surface area contributed by atoms with E-state index in [1.54, 1.807) is 43.3 Å². The van der Waals surface area contributed by atoms with E-state index in [4.69, 9.17) is 11.5 Å². The standard InChI is InChI=1S/C24H28FN7O/c1-14-21(16-5-7-20(26)28-13-16)22(30-24(27)29-14)15-4-6-18(19(25)12-15)23(33)32(3)17-8-10-31(2)11-9-17/h4-7,12-13,17H,8-11H2,1-3H3,(H2,26,28)(H2,27,29,30). The third kappa shape index (κ3) is 4.63. The van der Waals surface area contributed by atoms with Crippen molar-refractivity contribution in [1.82, 2.24) is 24.8 Å². The average Bonchev–Trinajstić information content (AvgIpc) is 2.79. The number of rotatable bonds is 4. The van der Waals surface area contributed by atoms with Gasteiger partial charge in [0.1, 0.15) is 11.6 Å². The van der Waals surface area contributed by atoms with Crippen molar-refractivity contribution in [2.24, 2.45) is 0 Å². The molecule has 0 spiro atoms. The van der Waals surface area contributed by atoms with E-state index in [1.807, 2.05) is 0 Å². The maximum absolute atomic E-state index is 15.2. The van der Waals surface area contributed by atoms with Gasteiger partial charge in [-0.3, -0.25) is 4.79 Å². The van der Waals surface area contributed by atoms with Gasteiger partial charge in [0.2, 0.25) is 5.95 Å². The van der Waals surface area contributed by atoms with Gasteiger partial charge < -0.3 is 21.3 Å². The third-order valence-corrected chi connectivity index (χ3v) is 6.21. The minimum absolute atomic E-state index is 0.0367. The van der Waals surface area contributed by atoms with Gasteiger partial charge in [-0.15, -0.1) is 0 Å². The number of benzene rings is 1. The molecule has 2 aromatic heterocycles. The first-order valence-electron chi connectivity index (χ1n) is 10.9. The molecule has 0 unspecified atom stereocenters. The number of likely N-dealkylation sites (tertiary alicyclic amines) is 1. The van der Waals surface area contributed by atoms with Crippen LogP contribution in [0.3, 0.4) is 0 Å². The molecule has 3 aromatic rings. The van der Waals surface area contributed by atoms with E-state index in [0.29, 0.717) is 28.3 Å². The Hall–Kier alpha value is -3.59. The van der Waals surface area contributed by atoms with Crippen molar-refractivity contribution in [1.29, 1.82) is 0 Å². The lowest BCUT2D eigenvalue weighted by molar-refractivity contribution is 0.0655. The molecule has 172 valence electrons. The van der Waals surface area contributed by atoms with Crippen LogP contribution in [-0.4, -0.2) is 63.9 Å². The van der Waals surface area contributed by atoms with Crippen LogP contribution >= 0.6 is 0 Å². The molecule has 1 fully saturated rings. The normalized spacial score (nSPS) is 14.9. The van der Waals surface area contributed by atoms with Crippen LogP contribution < -0.4 is 11.5 Å². The number of nitrogen functional groups attached to an aromatic ring is 2. The highest BCUT2D eigenvalue weighted by Crippen LogP contribution is 2.34. The van der Waals surface area contributed by atoms with Crippen molar-refractivity contribution in [2.75, 3.05) is 38.7 Å². The molecule has 9 heteroatoms. The molecule has 0 atom stereocenters. The fourth-order valence-electron chi connectivity index (χ4n) is 4.28. The molecule has 1 amide bonds. The number of aromatic nitrogens is 3. The quantitative estimate of drug-likeness (QED) is 0.629. The van der Waals surface area contributed by atoms with E-state index < -0.39 is 5.82 Å². The van der Waals surface area contributed by atoms with Crippen molar-refractivity contribution >= 4 is 17.7 Å². The van der Waals surface area contributed by atoms with Crippen LogP contribution in [0.15, 0.2) is 36.5 Å². The SMILES string of the molecule is Cc1nc(N)nc(-c2ccc(C(=O)N(C)C3CCN(C)CC3)c(F)c2)c1-c1ccc(N)nc1. The van der Waals surface area contributed by atoms with Crippen LogP contribution in [0.2, 0.25) is 0 Å². The van der Waals surface area contributed by atoms with Crippen LogP contribution in [0.25, 0.3) is 22.4 Å². The number of piperidine rings is 1. The minimum atomic E-state index is -0.603.